The number of amides is 2. The van der Waals surface area contributed by atoms with Gasteiger partial charge in [0.2, 0.25) is 0 Å². The van der Waals surface area contributed by atoms with Gasteiger partial charge in [-0.1, -0.05) is 42.5 Å². The first-order valence-corrected chi connectivity index (χ1v) is 11.3. The van der Waals surface area contributed by atoms with Gasteiger partial charge in [-0.25, -0.2) is 9.29 Å². The summed E-state index contributed by atoms with van der Waals surface area (Å²) in [5.74, 6) is -1.77. The van der Waals surface area contributed by atoms with Gasteiger partial charge in [-0.2, -0.15) is 0 Å². The third kappa shape index (κ3) is 4.06. The number of nitrogens with zero attached hydrogens (tertiary/aromatic N) is 3. The summed E-state index contributed by atoms with van der Waals surface area (Å²) in [7, 11) is 2.12. The molecule has 0 aliphatic carbocycles. The summed E-state index contributed by atoms with van der Waals surface area (Å²) in [5.41, 5.74) is 2.67. The summed E-state index contributed by atoms with van der Waals surface area (Å²) < 4.78 is 14.5. The number of nitrogens with one attached hydrogen (secondary N) is 1. The molecule has 2 heterocycles. The van der Waals surface area contributed by atoms with Crippen molar-refractivity contribution in [3.63, 3.8) is 0 Å². The third-order valence-corrected chi connectivity index (χ3v) is 6.24. The average Bonchev–Trinajstić information content (AvgIpc) is 3.10. The normalized spacial score (nSPS) is 17.0. The Bertz CT molecular complexity index is 1250. The van der Waals surface area contributed by atoms with Crippen LogP contribution in [0.25, 0.3) is 5.57 Å². The van der Waals surface area contributed by atoms with Crippen LogP contribution in [0.2, 0.25) is 0 Å². The van der Waals surface area contributed by atoms with Gasteiger partial charge in [0.05, 0.1) is 11.3 Å². The zero-order valence-corrected chi connectivity index (χ0v) is 18.9. The molecule has 2 amide bonds. The number of hydrogen-bond acceptors (Lipinski definition) is 5. The Morgan fingerprint density at radius 3 is 2.09 bits per heavy atom. The lowest BCUT2D eigenvalue weighted by Gasteiger charge is -2.34. The predicted molar refractivity (Wildman–Crippen MR) is 132 cm³/mol. The first-order chi connectivity index (χ1) is 16.5. The number of anilines is 3. The number of carbonyl (C=O) groups is 2. The van der Waals surface area contributed by atoms with Crippen LogP contribution in [0.15, 0.2) is 84.6 Å². The number of rotatable bonds is 5. The minimum Gasteiger partial charge on any atom is -0.369 e. The predicted octanol–water partition coefficient (Wildman–Crippen LogP) is 3.97. The summed E-state index contributed by atoms with van der Waals surface area (Å²) in [5, 5.41) is 3.14. The van der Waals surface area contributed by atoms with Gasteiger partial charge in [-0.15, -0.1) is 0 Å². The van der Waals surface area contributed by atoms with E-state index in [1.54, 1.807) is 30.3 Å². The molecule has 0 spiro atoms. The molecule has 1 fully saturated rings. The van der Waals surface area contributed by atoms with Gasteiger partial charge in [-0.05, 0) is 49.0 Å². The van der Waals surface area contributed by atoms with E-state index >= 15 is 0 Å². The second-order valence-corrected chi connectivity index (χ2v) is 8.48. The zero-order valence-electron chi connectivity index (χ0n) is 18.9. The largest absolute Gasteiger partial charge is 0.369 e. The lowest BCUT2D eigenvalue weighted by molar-refractivity contribution is -0.120. The molecule has 0 aromatic heterocycles. The van der Waals surface area contributed by atoms with E-state index in [-0.39, 0.29) is 17.0 Å². The summed E-state index contributed by atoms with van der Waals surface area (Å²) >= 11 is 0. The van der Waals surface area contributed by atoms with E-state index in [4.69, 9.17) is 0 Å². The van der Waals surface area contributed by atoms with Crippen LogP contribution < -0.4 is 15.1 Å². The van der Waals surface area contributed by atoms with Crippen LogP contribution in [0.5, 0.6) is 0 Å². The molecule has 2 aliphatic rings. The Morgan fingerprint density at radius 2 is 1.41 bits per heavy atom. The number of imide groups is 1. The minimum atomic E-state index is -0.630. The first kappa shape index (κ1) is 21.9. The molecule has 172 valence electrons. The van der Waals surface area contributed by atoms with E-state index in [2.05, 4.69) is 22.2 Å². The van der Waals surface area contributed by atoms with Crippen LogP contribution in [0.4, 0.5) is 21.5 Å². The van der Waals surface area contributed by atoms with E-state index in [1.165, 1.54) is 18.2 Å². The van der Waals surface area contributed by atoms with Crippen LogP contribution in [-0.4, -0.2) is 49.9 Å². The third-order valence-electron chi connectivity index (χ3n) is 6.24. The summed E-state index contributed by atoms with van der Waals surface area (Å²) in [6, 6.07) is 22.6. The van der Waals surface area contributed by atoms with E-state index in [1.807, 2.05) is 30.3 Å². The maximum atomic E-state index is 14.5. The summed E-state index contributed by atoms with van der Waals surface area (Å²) in [6.07, 6.45) is 0. The molecule has 0 atom stereocenters. The molecule has 3 aromatic rings. The Morgan fingerprint density at radius 1 is 0.765 bits per heavy atom. The van der Waals surface area contributed by atoms with Crippen molar-refractivity contribution in [2.45, 2.75) is 0 Å². The van der Waals surface area contributed by atoms with Crippen LogP contribution in [-0.2, 0) is 9.59 Å². The lowest BCUT2D eigenvalue weighted by Crippen LogP contribution is -2.44. The number of hydrogen-bond donors (Lipinski definition) is 1. The van der Waals surface area contributed by atoms with E-state index in [9.17, 15) is 14.0 Å². The Kier molecular flexibility index (Phi) is 5.86. The number of piperazine rings is 1. The average molecular weight is 457 g/mol. The molecule has 5 rings (SSSR count). The molecule has 7 heteroatoms. The highest BCUT2D eigenvalue weighted by Gasteiger charge is 2.41. The van der Waals surface area contributed by atoms with Gasteiger partial charge in [0.25, 0.3) is 11.8 Å². The van der Waals surface area contributed by atoms with Crippen molar-refractivity contribution in [1.29, 1.82) is 0 Å². The van der Waals surface area contributed by atoms with Gasteiger partial charge in [0, 0.05) is 37.6 Å². The molecule has 0 bridgehead atoms. The van der Waals surface area contributed by atoms with Crippen LogP contribution in [0.3, 0.4) is 0 Å². The summed E-state index contributed by atoms with van der Waals surface area (Å²) in [6.45, 7) is 3.93. The molecule has 3 aromatic carbocycles. The monoisotopic (exact) mass is 456 g/mol. The first-order valence-electron chi connectivity index (χ1n) is 11.3. The fourth-order valence-corrected chi connectivity index (χ4v) is 4.33. The molecule has 1 saturated heterocycles. The van der Waals surface area contributed by atoms with Gasteiger partial charge < -0.3 is 15.1 Å². The number of carbonyl (C=O) groups excluding carboxylic acids is 2. The van der Waals surface area contributed by atoms with Crippen molar-refractivity contribution >= 4 is 34.4 Å². The van der Waals surface area contributed by atoms with Gasteiger partial charge >= 0.3 is 0 Å². The standard InChI is InChI=1S/C27H25FN4O2/c1-30-15-17-31(18-16-30)21-13-11-20(12-14-21)29-25-24(19-7-3-2-4-8-19)26(33)32(27(25)34)23-10-6-5-9-22(23)28/h2-14,29H,15-18H2,1H3. The molecule has 6 nitrogen and oxygen atoms in total. The van der Waals surface area contributed by atoms with Crippen LogP contribution in [0, 0.1) is 5.82 Å². The van der Waals surface area contributed by atoms with Crippen molar-refractivity contribution in [3.05, 3.63) is 95.9 Å². The number of halogens is 1. The quantitative estimate of drug-likeness (QED) is 0.589. The molecule has 1 N–H and O–H groups in total. The van der Waals surface area contributed by atoms with Crippen molar-refractivity contribution < 1.29 is 14.0 Å². The van der Waals surface area contributed by atoms with Gasteiger partial charge in [0.15, 0.2) is 0 Å². The zero-order chi connectivity index (χ0) is 23.7. The van der Waals surface area contributed by atoms with Crippen LogP contribution >= 0.6 is 0 Å². The Hall–Kier alpha value is -3.97. The Labute approximate surface area is 197 Å². The SMILES string of the molecule is CN1CCN(c2ccc(NC3=C(c4ccccc4)C(=O)N(c4ccccc4F)C3=O)cc2)CC1. The summed E-state index contributed by atoms with van der Waals surface area (Å²) in [4.78, 5) is 32.3. The van der Waals surface area contributed by atoms with Crippen molar-refractivity contribution in [2.75, 3.05) is 48.3 Å². The van der Waals surface area contributed by atoms with Crippen molar-refractivity contribution in [3.8, 4) is 0 Å². The number of benzene rings is 3. The Balaban J connectivity index is 1.47. The van der Waals surface area contributed by atoms with E-state index in [0.29, 0.717) is 11.3 Å². The highest BCUT2D eigenvalue weighted by molar-refractivity contribution is 6.46. The van der Waals surface area contributed by atoms with Gasteiger partial charge in [-0.3, -0.25) is 9.59 Å². The van der Waals surface area contributed by atoms with E-state index < -0.39 is 17.6 Å². The topological polar surface area (TPSA) is 55.9 Å². The molecule has 2 aliphatic heterocycles. The highest BCUT2D eigenvalue weighted by atomic mass is 19.1. The van der Waals surface area contributed by atoms with Crippen LogP contribution in [0.1, 0.15) is 5.56 Å². The maximum absolute atomic E-state index is 14.5. The molecule has 34 heavy (non-hydrogen) atoms. The van der Waals surface area contributed by atoms with Gasteiger partial charge in [0.1, 0.15) is 11.5 Å². The number of likely N-dealkylation sites (N-methyl/N-ethyl adjacent to an activating group) is 1. The highest BCUT2D eigenvalue weighted by Crippen LogP contribution is 2.35. The number of para-hydroxylation sites is 1. The van der Waals surface area contributed by atoms with E-state index in [0.717, 1.165) is 36.8 Å². The second kappa shape index (κ2) is 9.11. The molecular weight excluding hydrogens is 431 g/mol. The fourth-order valence-electron chi connectivity index (χ4n) is 4.33. The molecule has 0 unspecified atom stereocenters. The molecular formula is C27H25FN4O2. The molecule has 0 radical (unpaired) electrons. The molecule has 0 saturated carbocycles. The fraction of sp³-hybridized carbons (Fsp3) is 0.185. The van der Waals surface area contributed by atoms with Crippen molar-refractivity contribution in [1.82, 2.24) is 4.90 Å². The van der Waals surface area contributed by atoms with Crippen molar-refractivity contribution in [2.24, 2.45) is 0 Å². The smallest absolute Gasteiger partial charge is 0.282 e. The second-order valence-electron chi connectivity index (χ2n) is 8.48. The minimum absolute atomic E-state index is 0.0619. The lowest BCUT2D eigenvalue weighted by atomic mass is 10.0. The maximum Gasteiger partial charge on any atom is 0.282 e.